The maximum Gasteiger partial charge on any atom is 0.137 e. The van der Waals surface area contributed by atoms with Crippen LogP contribution in [0.25, 0.3) is 33.3 Å². The van der Waals surface area contributed by atoms with Gasteiger partial charge < -0.3 is 14.8 Å². The minimum Gasteiger partial charge on any atom is -0.369 e. The Balaban J connectivity index is 1.54. The molecule has 0 saturated carbocycles. The van der Waals surface area contributed by atoms with Crippen molar-refractivity contribution in [3.63, 3.8) is 0 Å². The van der Waals surface area contributed by atoms with E-state index in [0.717, 1.165) is 42.8 Å². The highest BCUT2D eigenvalue weighted by molar-refractivity contribution is 5.96. The van der Waals surface area contributed by atoms with Crippen molar-refractivity contribution in [2.45, 2.75) is 13.8 Å². The zero-order valence-corrected chi connectivity index (χ0v) is 17.9. The van der Waals surface area contributed by atoms with E-state index in [1.165, 1.54) is 33.5 Å². The van der Waals surface area contributed by atoms with Crippen LogP contribution in [0.4, 0.5) is 5.69 Å². The topological polar surface area (TPSA) is 35.2 Å². The number of nitrogens with one attached hydrogen (secondary N) is 1. The van der Waals surface area contributed by atoms with Crippen LogP contribution >= 0.6 is 0 Å². The van der Waals surface area contributed by atoms with Gasteiger partial charge in [-0.1, -0.05) is 30.3 Å². The van der Waals surface area contributed by atoms with Crippen molar-refractivity contribution < 1.29 is 0 Å². The van der Waals surface area contributed by atoms with Crippen molar-refractivity contribution in [1.29, 1.82) is 0 Å². The highest BCUT2D eigenvalue weighted by Crippen LogP contribution is 2.34. The molecule has 1 N–H and O–H groups in total. The van der Waals surface area contributed by atoms with E-state index in [1.807, 2.05) is 6.20 Å². The van der Waals surface area contributed by atoms with E-state index < -0.39 is 0 Å². The smallest absolute Gasteiger partial charge is 0.137 e. The van der Waals surface area contributed by atoms with Crippen molar-refractivity contribution in [1.82, 2.24) is 14.9 Å². The third kappa shape index (κ3) is 3.37. The minimum atomic E-state index is 0.931. The molecule has 0 atom stereocenters. The largest absolute Gasteiger partial charge is 0.369 e. The summed E-state index contributed by atoms with van der Waals surface area (Å²) in [7, 11) is 2.20. The Kier molecular flexibility index (Phi) is 4.80. The molecule has 4 aromatic rings. The molecule has 2 aromatic heterocycles. The maximum absolute atomic E-state index is 4.71. The lowest BCUT2D eigenvalue weighted by molar-refractivity contribution is 0.312. The first-order valence-corrected chi connectivity index (χ1v) is 10.7. The predicted octanol–water partition coefficient (Wildman–Crippen LogP) is 5.27. The second-order valence-corrected chi connectivity index (χ2v) is 8.44. The number of benzene rings is 2. The lowest BCUT2D eigenvalue weighted by Crippen LogP contribution is -2.45. The summed E-state index contributed by atoms with van der Waals surface area (Å²) in [5.74, 6) is 0. The van der Waals surface area contributed by atoms with Gasteiger partial charge in [-0.05, 0) is 61.3 Å². The van der Waals surface area contributed by atoms with Crippen molar-refractivity contribution in [2.75, 3.05) is 38.1 Å². The summed E-state index contributed by atoms with van der Waals surface area (Å²) in [5.41, 5.74) is 9.81. The fourth-order valence-electron chi connectivity index (χ4n) is 4.67. The normalized spacial score (nSPS) is 15.1. The van der Waals surface area contributed by atoms with Gasteiger partial charge in [0.05, 0.1) is 0 Å². The number of nitrogens with zero attached hydrogens (tertiary/aromatic N) is 3. The number of aryl methyl sites for hydroxylation is 2. The van der Waals surface area contributed by atoms with E-state index in [-0.39, 0.29) is 0 Å². The molecule has 1 fully saturated rings. The second kappa shape index (κ2) is 7.62. The molecular weight excluding hydrogens is 368 g/mol. The highest BCUT2D eigenvalue weighted by Gasteiger charge is 2.19. The van der Waals surface area contributed by atoms with E-state index in [1.54, 1.807) is 0 Å². The van der Waals surface area contributed by atoms with Crippen molar-refractivity contribution >= 4 is 16.7 Å². The molecule has 0 bridgehead atoms. The van der Waals surface area contributed by atoms with E-state index in [0.29, 0.717) is 0 Å². The van der Waals surface area contributed by atoms with Gasteiger partial charge in [0, 0.05) is 60.8 Å². The van der Waals surface area contributed by atoms with Crippen molar-refractivity contribution in [3.05, 3.63) is 72.1 Å². The summed E-state index contributed by atoms with van der Waals surface area (Å²) in [6.07, 6.45) is 4.04. The molecule has 4 nitrogen and oxygen atoms in total. The number of H-pyrrole nitrogens is 1. The Labute approximate surface area is 178 Å². The molecular formula is C26H28N4. The van der Waals surface area contributed by atoms with Crippen LogP contribution in [0.3, 0.4) is 0 Å². The average molecular weight is 397 g/mol. The van der Waals surface area contributed by atoms with Crippen LogP contribution in [-0.2, 0) is 0 Å². The summed E-state index contributed by atoms with van der Waals surface area (Å²) >= 11 is 0. The standard InChI is InChI=1S/C26H28N4/c1-18-13-21(14-19(2)25(18)30-11-9-29(3)10-12-30)22-15-23-24(17-28-26(23)27-16-22)20-7-5-4-6-8-20/h4-8,13-17H,9-12H2,1-3H3,(H,27,28). The molecule has 0 amide bonds. The summed E-state index contributed by atoms with van der Waals surface area (Å²) < 4.78 is 0. The maximum atomic E-state index is 4.71. The number of piperazine rings is 1. The molecule has 0 spiro atoms. The Hall–Kier alpha value is -3.11. The Morgan fingerprint density at radius 3 is 2.23 bits per heavy atom. The molecule has 30 heavy (non-hydrogen) atoms. The van der Waals surface area contributed by atoms with E-state index >= 15 is 0 Å². The lowest BCUT2D eigenvalue weighted by Gasteiger charge is -2.36. The van der Waals surface area contributed by atoms with Gasteiger partial charge in [-0.3, -0.25) is 0 Å². The van der Waals surface area contributed by atoms with E-state index in [2.05, 4.69) is 90.4 Å². The van der Waals surface area contributed by atoms with Crippen LogP contribution in [0.15, 0.2) is 60.9 Å². The van der Waals surface area contributed by atoms with Gasteiger partial charge in [-0.2, -0.15) is 0 Å². The first kappa shape index (κ1) is 18.9. The number of hydrogen-bond donors (Lipinski definition) is 1. The van der Waals surface area contributed by atoms with Crippen LogP contribution in [0.1, 0.15) is 11.1 Å². The van der Waals surface area contributed by atoms with Gasteiger partial charge in [0.2, 0.25) is 0 Å². The van der Waals surface area contributed by atoms with Crippen molar-refractivity contribution in [3.8, 4) is 22.3 Å². The van der Waals surface area contributed by atoms with Crippen LogP contribution in [0.2, 0.25) is 0 Å². The van der Waals surface area contributed by atoms with E-state index in [9.17, 15) is 0 Å². The minimum absolute atomic E-state index is 0.931. The van der Waals surface area contributed by atoms with Gasteiger partial charge in [0.1, 0.15) is 5.65 Å². The molecule has 4 heteroatoms. The number of hydrogen-bond acceptors (Lipinski definition) is 3. The second-order valence-electron chi connectivity index (χ2n) is 8.44. The number of aromatic nitrogens is 2. The highest BCUT2D eigenvalue weighted by atomic mass is 15.2. The van der Waals surface area contributed by atoms with Gasteiger partial charge in [-0.25, -0.2) is 4.98 Å². The first-order chi connectivity index (χ1) is 14.6. The molecule has 1 aliphatic rings. The SMILES string of the molecule is Cc1cc(-c2cnc3[nH]cc(-c4ccccc4)c3c2)cc(C)c1N1CCN(C)CC1. The van der Waals surface area contributed by atoms with E-state index in [4.69, 9.17) is 4.98 Å². The molecule has 1 saturated heterocycles. The number of pyridine rings is 1. The summed E-state index contributed by atoms with van der Waals surface area (Å²) in [4.78, 5) is 13.0. The quantitative estimate of drug-likeness (QED) is 0.513. The molecule has 5 rings (SSSR count). The number of anilines is 1. The zero-order valence-electron chi connectivity index (χ0n) is 17.9. The predicted molar refractivity (Wildman–Crippen MR) is 126 cm³/mol. The van der Waals surface area contributed by atoms with Crippen LogP contribution in [0.5, 0.6) is 0 Å². The van der Waals surface area contributed by atoms with Gasteiger partial charge in [0.15, 0.2) is 0 Å². The molecule has 0 unspecified atom stereocenters. The molecule has 152 valence electrons. The van der Waals surface area contributed by atoms with Crippen LogP contribution < -0.4 is 4.90 Å². The third-order valence-electron chi connectivity index (χ3n) is 6.26. The molecule has 0 radical (unpaired) electrons. The van der Waals surface area contributed by atoms with Crippen LogP contribution in [-0.4, -0.2) is 48.1 Å². The zero-order chi connectivity index (χ0) is 20.7. The Morgan fingerprint density at radius 1 is 0.833 bits per heavy atom. The fraction of sp³-hybridized carbons (Fsp3) is 0.269. The molecule has 3 heterocycles. The average Bonchev–Trinajstić information content (AvgIpc) is 3.18. The number of likely N-dealkylation sites (N-methyl/N-ethyl adjacent to an activating group) is 1. The molecule has 1 aliphatic heterocycles. The van der Waals surface area contributed by atoms with Crippen LogP contribution in [0, 0.1) is 13.8 Å². The summed E-state index contributed by atoms with van der Waals surface area (Å²) in [6, 6.07) is 17.4. The Bertz CT molecular complexity index is 1160. The summed E-state index contributed by atoms with van der Waals surface area (Å²) in [5, 5.41) is 1.16. The number of aromatic amines is 1. The molecule has 0 aliphatic carbocycles. The van der Waals surface area contributed by atoms with Gasteiger partial charge in [-0.15, -0.1) is 0 Å². The fourth-order valence-corrected chi connectivity index (χ4v) is 4.67. The summed E-state index contributed by atoms with van der Waals surface area (Å²) in [6.45, 7) is 8.90. The lowest BCUT2D eigenvalue weighted by atomic mass is 9.97. The molecule has 2 aromatic carbocycles. The monoisotopic (exact) mass is 396 g/mol. The number of fused-ring (bicyclic) bond motifs is 1. The van der Waals surface area contributed by atoms with Gasteiger partial charge >= 0.3 is 0 Å². The van der Waals surface area contributed by atoms with Crippen molar-refractivity contribution in [2.24, 2.45) is 0 Å². The Morgan fingerprint density at radius 2 is 1.53 bits per heavy atom. The first-order valence-electron chi connectivity index (χ1n) is 10.7. The van der Waals surface area contributed by atoms with Gasteiger partial charge in [0.25, 0.3) is 0 Å². The number of rotatable bonds is 3. The third-order valence-corrected chi connectivity index (χ3v) is 6.26.